The van der Waals surface area contributed by atoms with Crippen molar-refractivity contribution in [3.8, 4) is 0 Å². The van der Waals surface area contributed by atoms with E-state index in [2.05, 4.69) is 27.8 Å². The highest BCUT2D eigenvalue weighted by Gasteiger charge is 2.22. The van der Waals surface area contributed by atoms with Gasteiger partial charge in [-0.1, -0.05) is 18.2 Å². The molecule has 3 N–H and O–H groups in total. The van der Waals surface area contributed by atoms with Crippen molar-refractivity contribution >= 4 is 16.9 Å². The van der Waals surface area contributed by atoms with Crippen LogP contribution < -0.4 is 10.6 Å². The van der Waals surface area contributed by atoms with Gasteiger partial charge in [0.25, 0.3) is 0 Å². The second-order valence-corrected chi connectivity index (χ2v) is 4.78. The predicted molar refractivity (Wildman–Crippen MR) is 71.6 cm³/mol. The van der Waals surface area contributed by atoms with Crippen LogP contribution in [0.25, 0.3) is 10.9 Å². The summed E-state index contributed by atoms with van der Waals surface area (Å²) in [6, 6.07) is 8.59. The SMILES string of the molecule is O=C(NCCc1c[nH]c2ccccc12)NC1CC1. The molecular formula is C14H17N3O. The molecule has 0 saturated heterocycles. The average molecular weight is 243 g/mol. The lowest BCUT2D eigenvalue weighted by molar-refractivity contribution is 0.240. The molecule has 1 aliphatic rings. The van der Waals surface area contributed by atoms with Gasteiger partial charge < -0.3 is 15.6 Å². The first-order chi connectivity index (χ1) is 8.83. The molecule has 2 amide bonds. The fourth-order valence-corrected chi connectivity index (χ4v) is 2.11. The Balaban J connectivity index is 1.54. The maximum absolute atomic E-state index is 11.5. The molecule has 0 radical (unpaired) electrons. The molecule has 94 valence electrons. The van der Waals surface area contributed by atoms with E-state index in [0.717, 1.165) is 24.8 Å². The van der Waals surface area contributed by atoms with Gasteiger partial charge in [0.1, 0.15) is 0 Å². The number of H-pyrrole nitrogens is 1. The molecule has 0 atom stereocenters. The lowest BCUT2D eigenvalue weighted by Crippen LogP contribution is -2.37. The standard InChI is InChI=1S/C14H17N3O/c18-14(17-11-5-6-11)15-8-7-10-9-16-13-4-2-1-3-12(10)13/h1-4,9,11,16H,5-8H2,(H2,15,17,18). The van der Waals surface area contributed by atoms with Gasteiger partial charge >= 0.3 is 6.03 Å². The lowest BCUT2D eigenvalue weighted by Gasteiger charge is -2.05. The number of aromatic amines is 1. The highest BCUT2D eigenvalue weighted by molar-refractivity contribution is 5.83. The zero-order valence-corrected chi connectivity index (χ0v) is 10.2. The van der Waals surface area contributed by atoms with Crippen molar-refractivity contribution in [3.05, 3.63) is 36.0 Å². The van der Waals surface area contributed by atoms with Crippen molar-refractivity contribution < 1.29 is 4.79 Å². The number of aromatic nitrogens is 1. The van der Waals surface area contributed by atoms with Crippen LogP contribution in [0.5, 0.6) is 0 Å². The number of nitrogens with one attached hydrogen (secondary N) is 3. The molecule has 3 rings (SSSR count). The number of carbonyl (C=O) groups excluding carboxylic acids is 1. The van der Waals surface area contributed by atoms with Gasteiger partial charge in [0.15, 0.2) is 0 Å². The Bertz CT molecular complexity index is 557. The van der Waals surface area contributed by atoms with Crippen molar-refractivity contribution in [1.29, 1.82) is 0 Å². The van der Waals surface area contributed by atoms with Gasteiger partial charge in [0.2, 0.25) is 0 Å². The van der Waals surface area contributed by atoms with Crippen LogP contribution in [0, 0.1) is 0 Å². The molecule has 4 nitrogen and oxygen atoms in total. The van der Waals surface area contributed by atoms with Gasteiger partial charge in [-0.2, -0.15) is 0 Å². The third-order valence-electron chi connectivity index (χ3n) is 3.27. The summed E-state index contributed by atoms with van der Waals surface area (Å²) in [5.41, 5.74) is 2.40. The van der Waals surface area contributed by atoms with Crippen molar-refractivity contribution in [3.63, 3.8) is 0 Å². The van der Waals surface area contributed by atoms with Crippen LogP contribution in [0.2, 0.25) is 0 Å². The van der Waals surface area contributed by atoms with E-state index >= 15 is 0 Å². The Kier molecular flexibility index (Phi) is 2.92. The average Bonchev–Trinajstić information content (AvgIpc) is 3.09. The number of hydrogen-bond donors (Lipinski definition) is 3. The van der Waals surface area contributed by atoms with Crippen LogP contribution in [0.4, 0.5) is 4.79 Å². The zero-order valence-electron chi connectivity index (χ0n) is 10.2. The number of amides is 2. The topological polar surface area (TPSA) is 56.9 Å². The summed E-state index contributed by atoms with van der Waals surface area (Å²) < 4.78 is 0. The normalized spacial score (nSPS) is 14.7. The third-order valence-corrected chi connectivity index (χ3v) is 3.27. The highest BCUT2D eigenvalue weighted by Crippen LogP contribution is 2.18. The molecule has 0 aliphatic heterocycles. The van der Waals surface area contributed by atoms with Crippen LogP contribution in [-0.4, -0.2) is 23.6 Å². The van der Waals surface area contributed by atoms with Crippen LogP contribution in [0.1, 0.15) is 18.4 Å². The fourth-order valence-electron chi connectivity index (χ4n) is 2.11. The Labute approximate surface area is 106 Å². The fraction of sp³-hybridized carbons (Fsp3) is 0.357. The number of para-hydroxylation sites is 1. The monoisotopic (exact) mass is 243 g/mol. The van der Waals surface area contributed by atoms with Crippen molar-refractivity contribution in [2.45, 2.75) is 25.3 Å². The summed E-state index contributed by atoms with van der Waals surface area (Å²) in [6.45, 7) is 0.667. The smallest absolute Gasteiger partial charge is 0.315 e. The number of benzene rings is 1. The lowest BCUT2D eigenvalue weighted by atomic mass is 10.1. The van der Waals surface area contributed by atoms with Crippen molar-refractivity contribution in [2.24, 2.45) is 0 Å². The largest absolute Gasteiger partial charge is 0.361 e. The van der Waals surface area contributed by atoms with Gasteiger partial charge in [-0.15, -0.1) is 0 Å². The number of carbonyl (C=O) groups is 1. The molecule has 1 aromatic carbocycles. The third kappa shape index (κ3) is 2.47. The zero-order chi connectivity index (χ0) is 12.4. The van der Waals surface area contributed by atoms with Gasteiger partial charge in [-0.05, 0) is 30.9 Å². The Morgan fingerprint density at radius 3 is 3.00 bits per heavy atom. The molecule has 1 saturated carbocycles. The van der Waals surface area contributed by atoms with Crippen molar-refractivity contribution in [2.75, 3.05) is 6.54 Å². The Morgan fingerprint density at radius 2 is 2.17 bits per heavy atom. The molecule has 18 heavy (non-hydrogen) atoms. The highest BCUT2D eigenvalue weighted by atomic mass is 16.2. The molecule has 1 fully saturated rings. The van der Waals surface area contributed by atoms with Gasteiger partial charge in [0.05, 0.1) is 0 Å². The molecule has 1 aromatic heterocycles. The van der Waals surface area contributed by atoms with Crippen LogP contribution in [-0.2, 0) is 6.42 Å². The maximum Gasteiger partial charge on any atom is 0.315 e. The van der Waals surface area contributed by atoms with Crippen LogP contribution in [0.15, 0.2) is 30.5 Å². The van der Waals surface area contributed by atoms with E-state index in [9.17, 15) is 4.79 Å². The molecule has 4 heteroatoms. The van der Waals surface area contributed by atoms with E-state index in [0.29, 0.717) is 12.6 Å². The van der Waals surface area contributed by atoms with Crippen molar-refractivity contribution in [1.82, 2.24) is 15.6 Å². The molecular weight excluding hydrogens is 226 g/mol. The molecule has 2 aromatic rings. The first-order valence-electron chi connectivity index (χ1n) is 6.42. The molecule has 1 aliphatic carbocycles. The molecule has 0 spiro atoms. The van der Waals surface area contributed by atoms with Crippen LogP contribution in [0.3, 0.4) is 0 Å². The Morgan fingerprint density at radius 1 is 1.33 bits per heavy atom. The number of rotatable bonds is 4. The predicted octanol–water partition coefficient (Wildman–Crippen LogP) is 2.17. The number of urea groups is 1. The summed E-state index contributed by atoms with van der Waals surface area (Å²) in [6.07, 6.45) is 5.11. The summed E-state index contributed by atoms with van der Waals surface area (Å²) in [5.74, 6) is 0. The van der Waals surface area contributed by atoms with E-state index in [1.807, 2.05) is 18.3 Å². The van der Waals surface area contributed by atoms with Gasteiger partial charge in [0, 0.05) is 29.7 Å². The maximum atomic E-state index is 11.5. The van der Waals surface area contributed by atoms with Gasteiger partial charge in [-0.25, -0.2) is 4.79 Å². The summed E-state index contributed by atoms with van der Waals surface area (Å²) in [7, 11) is 0. The van der Waals surface area contributed by atoms with E-state index in [4.69, 9.17) is 0 Å². The number of hydrogen-bond acceptors (Lipinski definition) is 1. The minimum atomic E-state index is -0.0441. The van der Waals surface area contributed by atoms with E-state index in [-0.39, 0.29) is 6.03 Å². The number of fused-ring (bicyclic) bond motifs is 1. The Hall–Kier alpha value is -1.97. The second-order valence-electron chi connectivity index (χ2n) is 4.78. The quantitative estimate of drug-likeness (QED) is 0.757. The summed E-state index contributed by atoms with van der Waals surface area (Å²) in [4.78, 5) is 14.7. The molecule has 1 heterocycles. The minimum Gasteiger partial charge on any atom is -0.361 e. The van der Waals surface area contributed by atoms with Crippen LogP contribution >= 0.6 is 0 Å². The molecule has 0 bridgehead atoms. The summed E-state index contributed by atoms with van der Waals surface area (Å²) in [5, 5.41) is 7.04. The van der Waals surface area contributed by atoms with E-state index < -0.39 is 0 Å². The first kappa shape index (κ1) is 11.1. The summed E-state index contributed by atoms with van der Waals surface area (Å²) >= 11 is 0. The molecule has 0 unspecified atom stereocenters. The first-order valence-corrected chi connectivity index (χ1v) is 6.42. The minimum absolute atomic E-state index is 0.0441. The second kappa shape index (κ2) is 4.72. The van der Waals surface area contributed by atoms with E-state index in [1.165, 1.54) is 10.9 Å². The van der Waals surface area contributed by atoms with E-state index in [1.54, 1.807) is 0 Å². The van der Waals surface area contributed by atoms with Gasteiger partial charge in [-0.3, -0.25) is 0 Å².